The minimum Gasteiger partial charge on any atom is -0.356 e. The number of benzene rings is 1. The summed E-state index contributed by atoms with van der Waals surface area (Å²) < 4.78 is 40.9. The van der Waals surface area contributed by atoms with Gasteiger partial charge in [-0.25, -0.2) is 0 Å². The topological polar surface area (TPSA) is 67.1 Å². The third-order valence-electron chi connectivity index (χ3n) is 5.48. The molecular weight excluding hydrogens is 393 g/mol. The fourth-order valence-electron chi connectivity index (χ4n) is 3.65. The van der Waals surface area contributed by atoms with E-state index in [1.165, 1.54) is 18.6 Å². The Kier molecular flexibility index (Phi) is 7.33. The first-order valence-corrected chi connectivity index (χ1v) is 10.4. The van der Waals surface area contributed by atoms with Gasteiger partial charge in [-0.2, -0.15) is 13.2 Å². The number of aromatic nitrogens is 3. The second-order valence-corrected chi connectivity index (χ2v) is 7.66. The average Bonchev–Trinajstić information content (AvgIpc) is 2.95. The molecule has 0 amide bonds. The zero-order valence-corrected chi connectivity index (χ0v) is 17.5. The van der Waals surface area contributed by atoms with Gasteiger partial charge in [-0.15, -0.1) is 10.2 Å². The molecule has 2 aromatic rings. The van der Waals surface area contributed by atoms with Crippen LogP contribution in [-0.2, 0) is 25.7 Å². The molecule has 9 heteroatoms. The Morgan fingerprint density at radius 1 is 1.20 bits per heavy atom. The van der Waals surface area contributed by atoms with Crippen LogP contribution in [0.15, 0.2) is 29.3 Å². The summed E-state index contributed by atoms with van der Waals surface area (Å²) in [6.45, 7) is 3.99. The summed E-state index contributed by atoms with van der Waals surface area (Å²) in [6.07, 6.45) is 0.830. The number of aryl methyl sites for hydroxylation is 1. The molecule has 0 radical (unpaired) electrons. The fourth-order valence-corrected chi connectivity index (χ4v) is 3.65. The third-order valence-corrected chi connectivity index (χ3v) is 5.48. The highest BCUT2D eigenvalue weighted by atomic mass is 19.4. The van der Waals surface area contributed by atoms with Crippen molar-refractivity contribution in [3.63, 3.8) is 0 Å². The SMILES string of the molecule is CN=C(NCCC(C)c1cccc(C(F)(F)F)c1)NCc1nnc2n1CCCCC2. The van der Waals surface area contributed by atoms with Crippen molar-refractivity contribution in [2.24, 2.45) is 4.99 Å². The van der Waals surface area contributed by atoms with Gasteiger partial charge < -0.3 is 15.2 Å². The van der Waals surface area contributed by atoms with E-state index in [1.807, 2.05) is 6.92 Å². The van der Waals surface area contributed by atoms with E-state index in [4.69, 9.17) is 0 Å². The van der Waals surface area contributed by atoms with Crippen molar-refractivity contribution in [3.05, 3.63) is 47.0 Å². The van der Waals surface area contributed by atoms with E-state index in [0.717, 1.165) is 43.5 Å². The summed E-state index contributed by atoms with van der Waals surface area (Å²) in [5.74, 6) is 2.57. The van der Waals surface area contributed by atoms with E-state index in [1.54, 1.807) is 13.1 Å². The molecular formula is C21H29F3N6. The first-order chi connectivity index (χ1) is 14.4. The molecule has 1 unspecified atom stereocenters. The minimum absolute atomic E-state index is 0.00910. The van der Waals surface area contributed by atoms with Crippen LogP contribution >= 0.6 is 0 Å². The molecule has 164 valence electrons. The van der Waals surface area contributed by atoms with Crippen LogP contribution in [0.4, 0.5) is 13.2 Å². The minimum atomic E-state index is -4.32. The maximum absolute atomic E-state index is 12.9. The number of fused-ring (bicyclic) bond motifs is 1. The van der Waals surface area contributed by atoms with Gasteiger partial charge in [0.15, 0.2) is 11.8 Å². The first-order valence-electron chi connectivity index (χ1n) is 10.4. The lowest BCUT2D eigenvalue weighted by molar-refractivity contribution is -0.137. The fraction of sp³-hybridized carbons (Fsp3) is 0.571. The predicted molar refractivity (Wildman–Crippen MR) is 110 cm³/mol. The predicted octanol–water partition coefficient (Wildman–Crippen LogP) is 3.88. The average molecular weight is 422 g/mol. The lowest BCUT2D eigenvalue weighted by Gasteiger charge is -2.16. The summed E-state index contributed by atoms with van der Waals surface area (Å²) >= 11 is 0. The molecule has 2 N–H and O–H groups in total. The van der Waals surface area contributed by atoms with Gasteiger partial charge in [-0.3, -0.25) is 4.99 Å². The summed E-state index contributed by atoms with van der Waals surface area (Å²) in [4.78, 5) is 4.22. The highest BCUT2D eigenvalue weighted by Crippen LogP contribution is 2.31. The molecule has 1 aromatic heterocycles. The lowest BCUT2D eigenvalue weighted by atomic mass is 9.96. The van der Waals surface area contributed by atoms with Gasteiger partial charge in [0.1, 0.15) is 5.82 Å². The summed E-state index contributed by atoms with van der Waals surface area (Å²) in [7, 11) is 1.69. The Hall–Kier alpha value is -2.58. The number of nitrogens with zero attached hydrogens (tertiary/aromatic N) is 4. The molecule has 1 atom stereocenters. The Balaban J connectivity index is 1.49. The second kappa shape index (κ2) is 9.95. The van der Waals surface area contributed by atoms with Crippen LogP contribution in [0.25, 0.3) is 0 Å². The molecule has 1 aliphatic rings. The van der Waals surface area contributed by atoms with Gasteiger partial charge in [0.2, 0.25) is 0 Å². The first kappa shape index (κ1) is 22.1. The van der Waals surface area contributed by atoms with Crippen molar-refractivity contribution in [3.8, 4) is 0 Å². The van der Waals surface area contributed by atoms with Crippen molar-refractivity contribution in [1.82, 2.24) is 25.4 Å². The Labute approximate surface area is 175 Å². The van der Waals surface area contributed by atoms with Crippen molar-refractivity contribution in [2.75, 3.05) is 13.6 Å². The molecule has 2 heterocycles. The highest BCUT2D eigenvalue weighted by Gasteiger charge is 2.30. The molecule has 6 nitrogen and oxygen atoms in total. The monoisotopic (exact) mass is 422 g/mol. The normalized spacial score (nSPS) is 16.0. The molecule has 0 spiro atoms. The number of rotatable bonds is 6. The molecule has 0 fully saturated rings. The second-order valence-electron chi connectivity index (χ2n) is 7.66. The maximum Gasteiger partial charge on any atom is 0.416 e. The van der Waals surface area contributed by atoms with E-state index in [-0.39, 0.29) is 5.92 Å². The molecule has 1 aliphatic heterocycles. The van der Waals surface area contributed by atoms with Gasteiger partial charge >= 0.3 is 6.18 Å². The van der Waals surface area contributed by atoms with Crippen molar-refractivity contribution in [1.29, 1.82) is 0 Å². The number of aliphatic imine (C=N–C) groups is 1. The maximum atomic E-state index is 12.9. The smallest absolute Gasteiger partial charge is 0.356 e. The molecule has 0 bridgehead atoms. The highest BCUT2D eigenvalue weighted by molar-refractivity contribution is 5.79. The Bertz CT molecular complexity index is 859. The zero-order chi connectivity index (χ0) is 21.6. The quantitative estimate of drug-likeness (QED) is 0.548. The molecule has 30 heavy (non-hydrogen) atoms. The number of guanidine groups is 1. The van der Waals surface area contributed by atoms with Crippen molar-refractivity contribution >= 4 is 5.96 Å². The molecule has 0 saturated heterocycles. The van der Waals surface area contributed by atoms with E-state index in [2.05, 4.69) is 30.4 Å². The number of halogens is 3. The van der Waals surface area contributed by atoms with Crippen LogP contribution in [0.1, 0.15) is 61.3 Å². The van der Waals surface area contributed by atoms with Gasteiger partial charge in [-0.1, -0.05) is 31.5 Å². The number of hydrogen-bond donors (Lipinski definition) is 2. The zero-order valence-electron chi connectivity index (χ0n) is 17.5. The van der Waals surface area contributed by atoms with Gasteiger partial charge in [0.25, 0.3) is 0 Å². The van der Waals surface area contributed by atoms with E-state index >= 15 is 0 Å². The van der Waals surface area contributed by atoms with Crippen LogP contribution in [0, 0.1) is 0 Å². The van der Waals surface area contributed by atoms with Crippen LogP contribution in [0.5, 0.6) is 0 Å². The van der Waals surface area contributed by atoms with Crippen molar-refractivity contribution in [2.45, 2.75) is 64.2 Å². The Morgan fingerprint density at radius 2 is 2.03 bits per heavy atom. The molecule has 1 aromatic carbocycles. The Morgan fingerprint density at radius 3 is 2.80 bits per heavy atom. The molecule has 3 rings (SSSR count). The summed E-state index contributed by atoms with van der Waals surface area (Å²) in [5, 5.41) is 15.1. The molecule has 0 aliphatic carbocycles. The summed E-state index contributed by atoms with van der Waals surface area (Å²) in [5.41, 5.74) is 0.0745. The van der Waals surface area contributed by atoms with Crippen LogP contribution in [0.2, 0.25) is 0 Å². The third kappa shape index (κ3) is 5.73. The van der Waals surface area contributed by atoms with E-state index < -0.39 is 11.7 Å². The molecule has 0 saturated carbocycles. The standard InChI is InChI=1S/C21H29F3N6/c1-15(16-7-6-8-17(13-16)21(22,23)24)10-11-26-20(25-2)27-14-19-29-28-18-9-4-3-5-12-30(18)19/h6-8,13,15H,3-5,9-12,14H2,1-2H3,(H2,25,26,27). The van der Waals surface area contributed by atoms with E-state index in [0.29, 0.717) is 31.0 Å². The van der Waals surface area contributed by atoms with Crippen LogP contribution < -0.4 is 10.6 Å². The van der Waals surface area contributed by atoms with Crippen molar-refractivity contribution < 1.29 is 13.2 Å². The van der Waals surface area contributed by atoms with Gasteiger partial charge in [-0.05, 0) is 36.8 Å². The lowest BCUT2D eigenvalue weighted by Crippen LogP contribution is -2.38. The number of hydrogen-bond acceptors (Lipinski definition) is 3. The van der Waals surface area contributed by atoms with E-state index in [9.17, 15) is 13.2 Å². The van der Waals surface area contributed by atoms with Crippen LogP contribution in [-0.4, -0.2) is 34.3 Å². The number of alkyl halides is 3. The van der Waals surface area contributed by atoms with Crippen LogP contribution in [0.3, 0.4) is 0 Å². The summed E-state index contributed by atoms with van der Waals surface area (Å²) in [6, 6.07) is 5.54. The largest absolute Gasteiger partial charge is 0.416 e. The number of nitrogens with one attached hydrogen (secondary N) is 2. The van der Waals surface area contributed by atoms with Gasteiger partial charge in [0, 0.05) is 26.6 Å². The van der Waals surface area contributed by atoms with Gasteiger partial charge in [0.05, 0.1) is 12.1 Å².